The third-order valence-electron chi connectivity index (χ3n) is 4.47. The minimum Gasteiger partial charge on any atom is -0.336 e. The zero-order chi connectivity index (χ0) is 14.1. The van der Waals surface area contributed by atoms with Crippen molar-refractivity contribution in [3.05, 3.63) is 18.0 Å². The molecule has 0 aromatic carbocycles. The lowest BCUT2D eigenvalue weighted by Crippen LogP contribution is -2.46. The molecule has 3 heterocycles. The Hall–Kier alpha value is -1.40. The highest BCUT2D eigenvalue weighted by Crippen LogP contribution is 2.21. The molecule has 6 heteroatoms. The highest BCUT2D eigenvalue weighted by atomic mass is 16.2. The number of carbonyl (C=O) groups is 1. The molecule has 1 amide bonds. The molecule has 0 bridgehead atoms. The van der Waals surface area contributed by atoms with E-state index in [1.54, 1.807) is 10.7 Å². The number of nitrogens with two attached hydrogens (primary N) is 1. The third kappa shape index (κ3) is 2.71. The van der Waals surface area contributed by atoms with E-state index in [1.807, 2.05) is 18.1 Å². The summed E-state index contributed by atoms with van der Waals surface area (Å²) in [5.74, 6) is 0.0572. The molecule has 1 atom stereocenters. The number of hydrogen-bond donors (Lipinski definition) is 1. The molecule has 2 saturated heterocycles. The van der Waals surface area contributed by atoms with Gasteiger partial charge in [-0.05, 0) is 38.4 Å². The van der Waals surface area contributed by atoms with E-state index in [1.165, 1.54) is 0 Å². The smallest absolute Gasteiger partial charge is 0.274 e. The molecule has 2 aliphatic heterocycles. The second kappa shape index (κ2) is 5.54. The Morgan fingerprint density at radius 3 is 2.70 bits per heavy atom. The average molecular weight is 277 g/mol. The quantitative estimate of drug-likeness (QED) is 0.830. The van der Waals surface area contributed by atoms with E-state index in [-0.39, 0.29) is 5.91 Å². The molecule has 110 valence electrons. The van der Waals surface area contributed by atoms with Crippen molar-refractivity contribution in [2.75, 3.05) is 26.2 Å². The summed E-state index contributed by atoms with van der Waals surface area (Å²) in [7, 11) is 1.83. The Bertz CT molecular complexity index is 478. The summed E-state index contributed by atoms with van der Waals surface area (Å²) in [5, 5.41) is 4.20. The van der Waals surface area contributed by atoms with E-state index in [9.17, 15) is 4.79 Å². The van der Waals surface area contributed by atoms with Crippen LogP contribution >= 0.6 is 0 Å². The standard InChI is InChI=1S/C14H23N5O/c1-17-6-5-13(16-17)14(20)19-9-4-12(10-19)18-7-2-11(15)3-8-18/h5-6,11-12H,2-4,7-10,15H2,1H3. The first kappa shape index (κ1) is 13.6. The molecule has 6 nitrogen and oxygen atoms in total. The zero-order valence-corrected chi connectivity index (χ0v) is 12.0. The van der Waals surface area contributed by atoms with Crippen LogP contribution in [-0.2, 0) is 7.05 Å². The molecule has 0 saturated carbocycles. The van der Waals surface area contributed by atoms with E-state index < -0.39 is 0 Å². The molecule has 1 aromatic rings. The summed E-state index contributed by atoms with van der Waals surface area (Å²) >= 11 is 0. The summed E-state index contributed by atoms with van der Waals surface area (Å²) in [6.45, 7) is 3.79. The van der Waals surface area contributed by atoms with Crippen molar-refractivity contribution < 1.29 is 4.79 Å². The topological polar surface area (TPSA) is 67.4 Å². The van der Waals surface area contributed by atoms with Gasteiger partial charge in [0.15, 0.2) is 0 Å². The summed E-state index contributed by atoms with van der Waals surface area (Å²) < 4.78 is 1.67. The SMILES string of the molecule is Cn1ccc(C(=O)N2CCC(N3CCC(N)CC3)C2)n1. The Labute approximate surface area is 119 Å². The molecular formula is C14H23N5O. The van der Waals surface area contributed by atoms with Gasteiger partial charge in [0.2, 0.25) is 0 Å². The Kier molecular flexibility index (Phi) is 3.76. The lowest BCUT2D eigenvalue weighted by atomic mass is 10.0. The van der Waals surface area contributed by atoms with Gasteiger partial charge >= 0.3 is 0 Å². The monoisotopic (exact) mass is 277 g/mol. The van der Waals surface area contributed by atoms with E-state index in [0.717, 1.165) is 45.4 Å². The first-order chi connectivity index (χ1) is 9.63. The van der Waals surface area contributed by atoms with Crippen molar-refractivity contribution in [3.63, 3.8) is 0 Å². The fourth-order valence-corrected chi connectivity index (χ4v) is 3.20. The normalized spacial score (nSPS) is 25.3. The zero-order valence-electron chi connectivity index (χ0n) is 12.0. The molecule has 0 radical (unpaired) electrons. The van der Waals surface area contributed by atoms with Crippen molar-refractivity contribution in [2.24, 2.45) is 12.8 Å². The van der Waals surface area contributed by atoms with Gasteiger partial charge < -0.3 is 10.6 Å². The minimum absolute atomic E-state index is 0.0572. The van der Waals surface area contributed by atoms with Crippen LogP contribution in [0.15, 0.2) is 12.3 Å². The van der Waals surface area contributed by atoms with Crippen LogP contribution in [-0.4, -0.2) is 63.8 Å². The molecule has 20 heavy (non-hydrogen) atoms. The van der Waals surface area contributed by atoms with Gasteiger partial charge in [-0.25, -0.2) is 0 Å². The second-order valence-electron chi connectivity index (χ2n) is 5.94. The largest absolute Gasteiger partial charge is 0.336 e. The third-order valence-corrected chi connectivity index (χ3v) is 4.47. The maximum absolute atomic E-state index is 12.4. The van der Waals surface area contributed by atoms with Crippen LogP contribution in [0, 0.1) is 0 Å². The summed E-state index contributed by atoms with van der Waals surface area (Å²) in [4.78, 5) is 16.8. The van der Waals surface area contributed by atoms with Gasteiger partial charge in [-0.2, -0.15) is 5.10 Å². The molecule has 1 unspecified atom stereocenters. The highest BCUT2D eigenvalue weighted by molar-refractivity contribution is 5.92. The molecule has 0 aliphatic carbocycles. The maximum atomic E-state index is 12.4. The van der Waals surface area contributed by atoms with Crippen LogP contribution in [0.3, 0.4) is 0 Å². The number of nitrogens with zero attached hydrogens (tertiary/aromatic N) is 4. The number of rotatable bonds is 2. The Balaban J connectivity index is 1.58. The fraction of sp³-hybridized carbons (Fsp3) is 0.714. The second-order valence-corrected chi connectivity index (χ2v) is 5.94. The molecule has 0 spiro atoms. The van der Waals surface area contributed by atoms with Gasteiger partial charge in [-0.15, -0.1) is 0 Å². The number of aryl methyl sites for hydroxylation is 1. The van der Waals surface area contributed by atoms with Crippen molar-refractivity contribution in [1.29, 1.82) is 0 Å². The highest BCUT2D eigenvalue weighted by Gasteiger charge is 2.32. The van der Waals surface area contributed by atoms with Crippen LogP contribution < -0.4 is 5.73 Å². The molecule has 3 rings (SSSR count). The van der Waals surface area contributed by atoms with Crippen LogP contribution in [0.5, 0.6) is 0 Å². The number of hydrogen-bond acceptors (Lipinski definition) is 4. The van der Waals surface area contributed by atoms with Gasteiger partial charge in [0.1, 0.15) is 5.69 Å². The van der Waals surface area contributed by atoms with E-state index in [2.05, 4.69) is 10.00 Å². The summed E-state index contributed by atoms with van der Waals surface area (Å²) in [6, 6.07) is 2.64. The van der Waals surface area contributed by atoms with Crippen molar-refractivity contribution in [3.8, 4) is 0 Å². The van der Waals surface area contributed by atoms with Crippen LogP contribution in [0.1, 0.15) is 29.8 Å². The maximum Gasteiger partial charge on any atom is 0.274 e. The van der Waals surface area contributed by atoms with Gasteiger partial charge in [0.25, 0.3) is 5.91 Å². The van der Waals surface area contributed by atoms with Gasteiger partial charge in [-0.1, -0.05) is 0 Å². The predicted octanol–water partition coefficient (Wildman–Crippen LogP) is 0.0577. The van der Waals surface area contributed by atoms with E-state index in [0.29, 0.717) is 17.8 Å². The first-order valence-corrected chi connectivity index (χ1v) is 7.42. The van der Waals surface area contributed by atoms with Crippen LogP contribution in [0.4, 0.5) is 0 Å². The van der Waals surface area contributed by atoms with E-state index in [4.69, 9.17) is 5.73 Å². The van der Waals surface area contributed by atoms with E-state index >= 15 is 0 Å². The molecule has 2 N–H and O–H groups in total. The average Bonchev–Trinajstić information content (AvgIpc) is 3.08. The lowest BCUT2D eigenvalue weighted by Gasteiger charge is -2.34. The molecule has 1 aromatic heterocycles. The van der Waals surface area contributed by atoms with Crippen LogP contribution in [0.25, 0.3) is 0 Å². The fourth-order valence-electron chi connectivity index (χ4n) is 3.20. The minimum atomic E-state index is 0.0572. The predicted molar refractivity (Wildman–Crippen MR) is 76.3 cm³/mol. The number of amides is 1. The Morgan fingerprint density at radius 1 is 1.30 bits per heavy atom. The molecule has 2 aliphatic rings. The molecular weight excluding hydrogens is 254 g/mol. The number of carbonyl (C=O) groups excluding carboxylic acids is 1. The van der Waals surface area contributed by atoms with Gasteiger partial charge in [-0.3, -0.25) is 14.4 Å². The first-order valence-electron chi connectivity index (χ1n) is 7.42. The van der Waals surface area contributed by atoms with Crippen molar-refractivity contribution in [2.45, 2.75) is 31.3 Å². The number of piperidine rings is 1. The summed E-state index contributed by atoms with van der Waals surface area (Å²) in [5.41, 5.74) is 6.50. The van der Waals surface area contributed by atoms with Gasteiger partial charge in [0, 0.05) is 38.4 Å². The lowest BCUT2D eigenvalue weighted by molar-refractivity contribution is 0.0763. The number of likely N-dealkylation sites (tertiary alicyclic amines) is 2. The summed E-state index contributed by atoms with van der Waals surface area (Å²) in [6.07, 6.45) is 5.02. The van der Waals surface area contributed by atoms with Crippen molar-refractivity contribution >= 4 is 5.91 Å². The van der Waals surface area contributed by atoms with Crippen molar-refractivity contribution in [1.82, 2.24) is 19.6 Å². The van der Waals surface area contributed by atoms with Gasteiger partial charge in [0.05, 0.1) is 0 Å². The number of aromatic nitrogens is 2. The Morgan fingerprint density at radius 2 is 2.05 bits per heavy atom. The van der Waals surface area contributed by atoms with Crippen LogP contribution in [0.2, 0.25) is 0 Å². The molecule has 2 fully saturated rings.